The molecule has 2 nitrogen and oxygen atoms in total. The maximum Gasteiger partial charge on any atom is 0.165 e. The number of unbranched alkanes of at least 4 members (excludes halogenated alkanes) is 10. The van der Waals surface area contributed by atoms with Gasteiger partial charge in [-0.3, -0.25) is 0 Å². The lowest BCUT2D eigenvalue weighted by molar-refractivity contribution is 0.290. The summed E-state index contributed by atoms with van der Waals surface area (Å²) in [5, 5.41) is 0. The standard InChI is InChI=1S/C21H27FO.C21H28O.2CH4/c1-3-4-5-6-7-8-15-23-21-14-13-19(16-20(21)22)18-11-9-17(2)10-12-18;1-3-4-5-6-7-8-17-22-21-15-13-20(14-16-21)19-11-9-18(2)10-12-19;;/h9-14,16H,3-8,15H2,1-2H3;9-16H,3-8,17H2,1-2H3;2*1H4. The highest BCUT2D eigenvalue weighted by molar-refractivity contribution is 5.65. The van der Waals surface area contributed by atoms with E-state index in [2.05, 4.69) is 69.3 Å². The Morgan fingerprint density at radius 3 is 1.30 bits per heavy atom. The molecule has 4 rings (SSSR count). The van der Waals surface area contributed by atoms with Crippen molar-refractivity contribution in [3.63, 3.8) is 0 Å². The van der Waals surface area contributed by atoms with Crippen molar-refractivity contribution in [1.82, 2.24) is 0 Å². The smallest absolute Gasteiger partial charge is 0.165 e. The van der Waals surface area contributed by atoms with Gasteiger partial charge in [0.2, 0.25) is 0 Å². The van der Waals surface area contributed by atoms with Gasteiger partial charge >= 0.3 is 0 Å². The van der Waals surface area contributed by atoms with Crippen LogP contribution in [0.1, 0.15) is 117 Å². The number of hydrogen-bond donors (Lipinski definition) is 0. The first-order valence-corrected chi connectivity index (χ1v) is 17.3. The highest BCUT2D eigenvalue weighted by Crippen LogP contribution is 2.26. The van der Waals surface area contributed by atoms with Crippen molar-refractivity contribution < 1.29 is 13.9 Å². The van der Waals surface area contributed by atoms with E-state index in [4.69, 9.17) is 9.47 Å². The summed E-state index contributed by atoms with van der Waals surface area (Å²) in [7, 11) is 0. The summed E-state index contributed by atoms with van der Waals surface area (Å²) in [6.45, 7) is 10.0. The first-order valence-electron chi connectivity index (χ1n) is 17.3. The Balaban J connectivity index is 0.000000451. The number of hydrogen-bond acceptors (Lipinski definition) is 2. The van der Waals surface area contributed by atoms with Crippen LogP contribution in [0.2, 0.25) is 0 Å². The van der Waals surface area contributed by atoms with Crippen LogP contribution < -0.4 is 9.47 Å². The first kappa shape index (κ1) is 41.4. The molecule has 4 aromatic rings. The Kier molecular flexibility index (Phi) is 21.7. The maximum atomic E-state index is 14.2. The van der Waals surface area contributed by atoms with Crippen LogP contribution in [0, 0.1) is 19.7 Å². The third-order valence-electron chi connectivity index (χ3n) is 8.08. The van der Waals surface area contributed by atoms with E-state index in [9.17, 15) is 4.39 Å². The minimum atomic E-state index is -0.283. The molecule has 47 heavy (non-hydrogen) atoms. The van der Waals surface area contributed by atoms with E-state index in [-0.39, 0.29) is 20.7 Å². The number of benzene rings is 4. The molecule has 0 unspecified atom stereocenters. The molecule has 0 heterocycles. The molecule has 0 amide bonds. The van der Waals surface area contributed by atoms with E-state index in [0.717, 1.165) is 42.7 Å². The van der Waals surface area contributed by atoms with Gasteiger partial charge in [0.1, 0.15) is 5.75 Å². The van der Waals surface area contributed by atoms with Crippen molar-refractivity contribution >= 4 is 0 Å². The SMILES string of the molecule is C.C.CCCCCCCCOc1ccc(-c2ccc(C)cc2)cc1.CCCCCCCCOc1ccc(-c2ccc(C)cc2)cc1F. The van der Waals surface area contributed by atoms with Crippen molar-refractivity contribution in [3.8, 4) is 33.8 Å². The van der Waals surface area contributed by atoms with E-state index >= 15 is 0 Å². The van der Waals surface area contributed by atoms with Gasteiger partial charge in [-0.25, -0.2) is 4.39 Å². The van der Waals surface area contributed by atoms with E-state index in [1.165, 1.54) is 80.0 Å². The van der Waals surface area contributed by atoms with E-state index in [1.54, 1.807) is 12.1 Å². The van der Waals surface area contributed by atoms with Crippen molar-refractivity contribution in [2.24, 2.45) is 0 Å². The third kappa shape index (κ3) is 16.2. The third-order valence-corrected chi connectivity index (χ3v) is 8.08. The second kappa shape index (κ2) is 24.6. The predicted molar refractivity (Wildman–Crippen MR) is 204 cm³/mol. The summed E-state index contributed by atoms with van der Waals surface area (Å²) >= 11 is 0. The summed E-state index contributed by atoms with van der Waals surface area (Å²) in [6.07, 6.45) is 15.0. The Hall–Kier alpha value is -3.59. The van der Waals surface area contributed by atoms with Crippen LogP contribution in [-0.2, 0) is 0 Å². The summed E-state index contributed by atoms with van der Waals surface area (Å²) < 4.78 is 25.6. The molecule has 0 N–H and O–H groups in total. The molecule has 0 saturated heterocycles. The number of ether oxygens (including phenoxy) is 2. The molecular formula is C44H63FO2. The molecule has 0 aliphatic carbocycles. The van der Waals surface area contributed by atoms with Crippen LogP contribution in [0.15, 0.2) is 91.0 Å². The highest BCUT2D eigenvalue weighted by atomic mass is 19.1. The van der Waals surface area contributed by atoms with E-state index in [0.29, 0.717) is 12.4 Å². The lowest BCUT2D eigenvalue weighted by Gasteiger charge is -2.09. The average Bonchev–Trinajstić information content (AvgIpc) is 3.06. The second-order valence-corrected chi connectivity index (χ2v) is 12.1. The normalized spacial score (nSPS) is 10.2. The van der Waals surface area contributed by atoms with E-state index < -0.39 is 0 Å². The molecular weight excluding hydrogens is 579 g/mol. The van der Waals surface area contributed by atoms with Gasteiger partial charge in [0.05, 0.1) is 13.2 Å². The van der Waals surface area contributed by atoms with Crippen LogP contribution in [-0.4, -0.2) is 13.2 Å². The molecule has 0 atom stereocenters. The van der Waals surface area contributed by atoms with Crippen molar-refractivity contribution in [2.75, 3.05) is 13.2 Å². The molecule has 4 aromatic carbocycles. The van der Waals surface area contributed by atoms with Gasteiger partial charge in [0.25, 0.3) is 0 Å². The quantitative estimate of drug-likeness (QED) is 0.101. The largest absolute Gasteiger partial charge is 0.494 e. The molecule has 0 fully saturated rings. The Morgan fingerprint density at radius 2 is 0.830 bits per heavy atom. The molecule has 0 saturated carbocycles. The minimum absolute atomic E-state index is 0. The van der Waals surface area contributed by atoms with Crippen molar-refractivity contribution in [3.05, 3.63) is 108 Å². The Labute approximate surface area is 287 Å². The Bertz CT molecular complexity index is 1330. The van der Waals surface area contributed by atoms with Crippen LogP contribution in [0.5, 0.6) is 11.5 Å². The fourth-order valence-electron chi connectivity index (χ4n) is 5.17. The Morgan fingerprint density at radius 1 is 0.447 bits per heavy atom. The molecule has 3 heteroatoms. The van der Waals surface area contributed by atoms with Crippen molar-refractivity contribution in [1.29, 1.82) is 0 Å². The van der Waals surface area contributed by atoms with Crippen LogP contribution in [0.4, 0.5) is 4.39 Å². The highest BCUT2D eigenvalue weighted by Gasteiger charge is 2.06. The molecule has 0 aliphatic rings. The van der Waals surface area contributed by atoms with Crippen LogP contribution in [0.25, 0.3) is 22.3 Å². The summed E-state index contributed by atoms with van der Waals surface area (Å²) in [5.74, 6) is 1.05. The van der Waals surface area contributed by atoms with E-state index in [1.807, 2.05) is 37.3 Å². The molecule has 0 radical (unpaired) electrons. The zero-order valence-electron chi connectivity index (χ0n) is 28.3. The maximum absolute atomic E-state index is 14.2. The lowest BCUT2D eigenvalue weighted by Crippen LogP contribution is -1.99. The number of aryl methyl sites for hydroxylation is 2. The first-order chi connectivity index (χ1) is 22.0. The van der Waals surface area contributed by atoms with Gasteiger partial charge in [0.15, 0.2) is 11.6 Å². The average molecular weight is 643 g/mol. The lowest BCUT2D eigenvalue weighted by atomic mass is 10.0. The topological polar surface area (TPSA) is 18.5 Å². The molecule has 0 aliphatic heterocycles. The molecule has 0 bridgehead atoms. The van der Waals surface area contributed by atoms with Gasteiger partial charge in [-0.05, 0) is 73.2 Å². The number of halogens is 1. The minimum Gasteiger partial charge on any atom is -0.494 e. The fourth-order valence-corrected chi connectivity index (χ4v) is 5.17. The van der Waals surface area contributed by atoms with Gasteiger partial charge in [0, 0.05) is 0 Å². The molecule has 0 spiro atoms. The van der Waals surface area contributed by atoms with Gasteiger partial charge in [-0.1, -0.05) is 171 Å². The summed E-state index contributed by atoms with van der Waals surface area (Å²) in [5.41, 5.74) is 6.90. The van der Waals surface area contributed by atoms with Crippen LogP contribution >= 0.6 is 0 Å². The fraction of sp³-hybridized carbons (Fsp3) is 0.455. The van der Waals surface area contributed by atoms with Gasteiger partial charge in [-0.15, -0.1) is 0 Å². The second-order valence-electron chi connectivity index (χ2n) is 12.1. The zero-order chi connectivity index (χ0) is 32.1. The summed E-state index contributed by atoms with van der Waals surface area (Å²) in [4.78, 5) is 0. The number of rotatable bonds is 18. The predicted octanol–water partition coefficient (Wildman–Crippen LogP) is 14.2. The molecule has 258 valence electrons. The zero-order valence-corrected chi connectivity index (χ0v) is 28.3. The summed E-state index contributed by atoms with van der Waals surface area (Å²) in [6, 6.07) is 30.4. The monoisotopic (exact) mass is 642 g/mol. The van der Waals surface area contributed by atoms with Crippen molar-refractivity contribution in [2.45, 2.75) is 120 Å². The van der Waals surface area contributed by atoms with Crippen LogP contribution in [0.3, 0.4) is 0 Å². The van der Waals surface area contributed by atoms with Gasteiger partial charge in [-0.2, -0.15) is 0 Å². The van der Waals surface area contributed by atoms with Gasteiger partial charge < -0.3 is 9.47 Å². The molecule has 0 aromatic heterocycles.